The first-order valence-electron chi connectivity index (χ1n) is 7.25. The maximum Gasteiger partial charge on any atom is 2.00 e. The van der Waals surface area contributed by atoms with Crippen molar-refractivity contribution in [2.45, 2.75) is 63.6 Å². The van der Waals surface area contributed by atoms with Crippen molar-refractivity contribution in [1.82, 2.24) is 10.6 Å². The van der Waals surface area contributed by atoms with Gasteiger partial charge < -0.3 is 19.7 Å². The molecule has 29 heavy (non-hydrogen) atoms. The van der Waals surface area contributed by atoms with Crippen molar-refractivity contribution in [1.29, 1.82) is 0 Å². The summed E-state index contributed by atoms with van der Waals surface area (Å²) >= 11 is 0. The van der Waals surface area contributed by atoms with Crippen molar-refractivity contribution in [2.75, 3.05) is 13.1 Å². The van der Waals surface area contributed by atoms with E-state index in [4.69, 9.17) is 25.9 Å². The van der Waals surface area contributed by atoms with Crippen molar-refractivity contribution in [2.24, 2.45) is 0 Å². The van der Waals surface area contributed by atoms with Gasteiger partial charge in [0.05, 0.1) is 0 Å². The molecular weight excluding hydrogens is 510 g/mol. The van der Waals surface area contributed by atoms with Crippen LogP contribution in [0.15, 0.2) is 0 Å². The molecule has 17 heteroatoms. The van der Waals surface area contributed by atoms with Gasteiger partial charge in [-0.15, -0.1) is 0 Å². The Morgan fingerprint density at radius 2 is 0.759 bits per heavy atom. The molecule has 2 N–H and O–H groups in total. The van der Waals surface area contributed by atoms with Gasteiger partial charge >= 0.3 is 28.1 Å². The molecule has 0 amide bonds. The Morgan fingerprint density at radius 3 is 0.828 bits per heavy atom. The SMILES string of the molecule is CC(C)(C)NCCNC(C)(C)C.O=S(=O)([O-])C(F)(F)F.O=S(=O)([O-])C(F)(F)F.[Cu+2]. The fraction of sp³-hybridized carbons (Fsp3) is 1.00. The molecule has 0 heterocycles. The molecule has 0 aliphatic rings. The second-order valence-electron chi connectivity index (χ2n) is 7.15. The van der Waals surface area contributed by atoms with Gasteiger partial charge in [0.15, 0.2) is 20.2 Å². The Labute approximate surface area is 177 Å². The predicted octanol–water partition coefficient (Wildman–Crippen LogP) is 1.86. The predicted molar refractivity (Wildman–Crippen MR) is 87.0 cm³/mol. The summed E-state index contributed by atoms with van der Waals surface area (Å²) in [5.74, 6) is 0. The number of hydrogen-bond donors (Lipinski definition) is 2. The molecular formula is C12H24CuF6N2O6S2. The summed E-state index contributed by atoms with van der Waals surface area (Å²) in [6, 6.07) is 0. The van der Waals surface area contributed by atoms with E-state index in [1.807, 2.05) is 0 Å². The minimum Gasteiger partial charge on any atom is -0.741 e. The quantitative estimate of drug-likeness (QED) is 0.184. The van der Waals surface area contributed by atoms with Gasteiger partial charge in [-0.25, -0.2) is 16.8 Å². The summed E-state index contributed by atoms with van der Waals surface area (Å²) in [6.45, 7) is 15.2. The first-order valence-corrected chi connectivity index (χ1v) is 10.1. The zero-order chi connectivity index (χ0) is 23.8. The monoisotopic (exact) mass is 533 g/mol. The van der Waals surface area contributed by atoms with E-state index in [9.17, 15) is 26.3 Å². The first-order chi connectivity index (χ1) is 11.7. The second-order valence-corrected chi connectivity index (χ2v) is 9.90. The van der Waals surface area contributed by atoms with Crippen LogP contribution in [0.25, 0.3) is 0 Å². The van der Waals surface area contributed by atoms with Crippen LogP contribution in [0, 0.1) is 0 Å². The van der Waals surface area contributed by atoms with E-state index in [1.165, 1.54) is 0 Å². The van der Waals surface area contributed by atoms with Gasteiger partial charge in [0.25, 0.3) is 0 Å². The third-order valence-corrected chi connectivity index (χ3v) is 3.14. The Morgan fingerprint density at radius 1 is 0.621 bits per heavy atom. The standard InChI is InChI=1S/C10H24N2.2CHF3O3S.Cu/c1-9(2,3)11-7-8-12-10(4,5)6;2*2-1(3,4)8(5,6)7;/h11-12H,7-8H2,1-6H3;2*(H,5,6,7);/q;;;+2/p-2. The molecule has 0 aliphatic carbocycles. The Bertz CT molecular complexity index is 594. The molecule has 0 saturated carbocycles. The molecule has 0 aromatic carbocycles. The normalized spacial score (nSPS) is 13.3. The minimum absolute atomic E-state index is 0. The summed E-state index contributed by atoms with van der Waals surface area (Å²) in [5, 5.41) is 6.86. The van der Waals surface area contributed by atoms with E-state index in [0.29, 0.717) is 0 Å². The second kappa shape index (κ2) is 12.6. The van der Waals surface area contributed by atoms with Crippen LogP contribution in [-0.2, 0) is 37.3 Å². The third-order valence-electron chi connectivity index (χ3n) is 2.00. The molecule has 8 nitrogen and oxygen atoms in total. The van der Waals surface area contributed by atoms with Gasteiger partial charge in [-0.1, -0.05) is 0 Å². The Hall–Kier alpha value is -0.161. The van der Waals surface area contributed by atoms with E-state index < -0.39 is 31.3 Å². The molecule has 0 atom stereocenters. The Kier molecular flexibility index (Phi) is 15.8. The number of rotatable bonds is 3. The Balaban J connectivity index is -0.000000164. The van der Waals surface area contributed by atoms with Crippen LogP contribution in [0.5, 0.6) is 0 Å². The molecule has 0 unspecified atom stereocenters. The molecule has 0 fully saturated rings. The fourth-order valence-corrected chi connectivity index (χ4v) is 0.875. The smallest absolute Gasteiger partial charge is 0.741 e. The van der Waals surface area contributed by atoms with Gasteiger partial charge in [0.2, 0.25) is 0 Å². The average molecular weight is 534 g/mol. The van der Waals surface area contributed by atoms with Gasteiger partial charge in [-0.3, -0.25) is 0 Å². The molecule has 0 aromatic heterocycles. The van der Waals surface area contributed by atoms with Crippen LogP contribution >= 0.6 is 0 Å². The molecule has 0 aliphatic heterocycles. The van der Waals surface area contributed by atoms with E-state index in [0.717, 1.165) is 13.1 Å². The minimum atomic E-state index is -6.09. The van der Waals surface area contributed by atoms with Gasteiger partial charge in [0, 0.05) is 24.2 Å². The molecule has 0 spiro atoms. The van der Waals surface area contributed by atoms with Crippen LogP contribution in [0.3, 0.4) is 0 Å². The summed E-state index contributed by atoms with van der Waals surface area (Å²) in [7, 11) is -12.2. The maximum atomic E-state index is 10.7. The van der Waals surface area contributed by atoms with Crippen LogP contribution in [0.2, 0.25) is 0 Å². The van der Waals surface area contributed by atoms with Crippen molar-refractivity contribution in [3.8, 4) is 0 Å². The van der Waals surface area contributed by atoms with Crippen molar-refractivity contribution in [3.63, 3.8) is 0 Å². The maximum absolute atomic E-state index is 10.7. The van der Waals surface area contributed by atoms with Gasteiger partial charge in [0.1, 0.15) is 0 Å². The van der Waals surface area contributed by atoms with E-state index in [-0.39, 0.29) is 28.1 Å². The third kappa shape index (κ3) is 25.8. The number of alkyl halides is 6. The number of hydrogen-bond acceptors (Lipinski definition) is 8. The van der Waals surface area contributed by atoms with Crippen LogP contribution < -0.4 is 10.6 Å². The topological polar surface area (TPSA) is 138 Å². The molecule has 183 valence electrons. The van der Waals surface area contributed by atoms with E-state index in [1.54, 1.807) is 0 Å². The number of halogens is 6. The average Bonchev–Trinajstić information content (AvgIpc) is 2.29. The molecule has 1 radical (unpaired) electrons. The molecule has 0 saturated heterocycles. The molecule has 0 aromatic rings. The summed E-state index contributed by atoms with van der Waals surface area (Å²) in [4.78, 5) is 0. The van der Waals surface area contributed by atoms with Crippen LogP contribution in [-0.4, -0.2) is 61.1 Å². The first kappa shape index (κ1) is 36.2. The van der Waals surface area contributed by atoms with Crippen molar-refractivity contribution < 1.29 is 69.4 Å². The zero-order valence-corrected chi connectivity index (χ0v) is 18.8. The zero-order valence-electron chi connectivity index (χ0n) is 16.2. The van der Waals surface area contributed by atoms with Crippen molar-refractivity contribution in [3.05, 3.63) is 0 Å². The number of nitrogens with one attached hydrogen (secondary N) is 2. The summed E-state index contributed by atoms with van der Waals surface area (Å²) in [5.41, 5.74) is -10.8. The molecule has 0 bridgehead atoms. The largest absolute Gasteiger partial charge is 2.00 e. The van der Waals surface area contributed by atoms with Crippen LogP contribution in [0.4, 0.5) is 26.3 Å². The summed E-state index contributed by atoms with van der Waals surface area (Å²) < 4.78 is 118. The summed E-state index contributed by atoms with van der Waals surface area (Å²) in [6.07, 6.45) is 0. The molecule has 0 rings (SSSR count). The van der Waals surface area contributed by atoms with Crippen LogP contribution in [0.1, 0.15) is 41.5 Å². The van der Waals surface area contributed by atoms with E-state index >= 15 is 0 Å². The fourth-order valence-electron chi connectivity index (χ4n) is 0.875. The van der Waals surface area contributed by atoms with Gasteiger partial charge in [-0.05, 0) is 41.5 Å². The van der Waals surface area contributed by atoms with Gasteiger partial charge in [-0.2, -0.15) is 26.3 Å². The van der Waals surface area contributed by atoms with E-state index in [2.05, 4.69) is 52.2 Å². The van der Waals surface area contributed by atoms with Crippen molar-refractivity contribution >= 4 is 20.2 Å².